The first-order chi connectivity index (χ1) is 23.9. The number of esters is 1. The number of rotatable bonds is 16. The fourth-order valence-corrected chi connectivity index (χ4v) is 4.74. The predicted octanol–water partition coefficient (Wildman–Crippen LogP) is 4.21. The number of hydrazone groups is 1. The Hall–Kier alpha value is -6.43. The topological polar surface area (TPSA) is 235 Å². The molecule has 2 atom stereocenters. The lowest BCUT2D eigenvalue weighted by Gasteiger charge is -2.28. The number of benzene rings is 3. The fraction of sp³-hybridized carbons (Fsp3) is 0.281. The first-order valence-electron chi connectivity index (χ1n) is 15.1. The summed E-state index contributed by atoms with van der Waals surface area (Å²) in [6, 6.07) is 11.2. The van der Waals surface area contributed by atoms with E-state index >= 15 is 0 Å². The van der Waals surface area contributed by atoms with Crippen LogP contribution < -0.4 is 35.0 Å². The van der Waals surface area contributed by atoms with Crippen LogP contribution in [-0.4, -0.2) is 66.3 Å². The molecule has 0 bridgehead atoms. The first-order valence-corrected chi connectivity index (χ1v) is 15.1. The molecule has 0 saturated heterocycles. The minimum Gasteiger partial charge on any atom is -0.490 e. The second-order valence-electron chi connectivity index (χ2n) is 10.3. The van der Waals surface area contributed by atoms with Gasteiger partial charge in [-0.3, -0.25) is 25.7 Å². The molecule has 3 aromatic rings. The summed E-state index contributed by atoms with van der Waals surface area (Å²) in [4.78, 5) is 45.7. The van der Waals surface area contributed by atoms with Crippen molar-refractivity contribution in [2.24, 2.45) is 5.10 Å². The molecule has 264 valence electrons. The molecule has 0 radical (unpaired) electrons. The second-order valence-corrected chi connectivity index (χ2v) is 10.3. The van der Waals surface area contributed by atoms with Crippen LogP contribution >= 0.6 is 0 Å². The SMILES string of the molecule is CCOc1cc([C@H]2NC(=O)NC(C)=C2C(=O)OC)ccc1OC[C@@H](O)N/N=C/c1ccc(Oc2ccc([N+](=O)[O-])cc2[N+](=O)[O-])c(OCC)c1. The van der Waals surface area contributed by atoms with Crippen LogP contribution in [0.3, 0.4) is 0 Å². The quantitative estimate of drug-likeness (QED) is 0.0541. The van der Waals surface area contributed by atoms with Crippen molar-refractivity contribution in [3.05, 3.63) is 97.2 Å². The Morgan fingerprint density at radius 2 is 1.64 bits per heavy atom. The number of nitro benzene ring substituents is 2. The van der Waals surface area contributed by atoms with E-state index in [2.05, 4.69) is 21.2 Å². The molecule has 0 aliphatic carbocycles. The number of nitrogens with zero attached hydrogens (tertiary/aromatic N) is 3. The smallest absolute Gasteiger partial charge is 0.337 e. The van der Waals surface area contributed by atoms with Gasteiger partial charge >= 0.3 is 17.7 Å². The number of methoxy groups -OCH3 is 1. The summed E-state index contributed by atoms with van der Waals surface area (Å²) >= 11 is 0. The largest absolute Gasteiger partial charge is 0.490 e. The number of aliphatic hydroxyl groups excluding tert-OH is 1. The van der Waals surface area contributed by atoms with Gasteiger partial charge in [0.05, 0.1) is 54.1 Å². The maximum absolute atomic E-state index is 12.5. The van der Waals surface area contributed by atoms with Gasteiger partial charge in [0, 0.05) is 11.8 Å². The average Bonchev–Trinajstić information content (AvgIpc) is 3.08. The maximum Gasteiger partial charge on any atom is 0.337 e. The van der Waals surface area contributed by atoms with Crippen molar-refractivity contribution >= 4 is 29.6 Å². The van der Waals surface area contributed by atoms with E-state index < -0.39 is 45.5 Å². The van der Waals surface area contributed by atoms with Crippen LogP contribution in [0.2, 0.25) is 0 Å². The van der Waals surface area contributed by atoms with Crippen molar-refractivity contribution in [1.82, 2.24) is 16.1 Å². The van der Waals surface area contributed by atoms with Gasteiger partial charge in [-0.25, -0.2) is 9.59 Å². The van der Waals surface area contributed by atoms with E-state index in [-0.39, 0.29) is 48.4 Å². The molecule has 2 amide bonds. The van der Waals surface area contributed by atoms with E-state index in [0.29, 0.717) is 22.6 Å². The molecule has 18 heteroatoms. The molecular formula is C32H34N6O12. The normalized spacial score (nSPS) is 14.7. The van der Waals surface area contributed by atoms with Crippen LogP contribution in [0.1, 0.15) is 37.9 Å². The highest BCUT2D eigenvalue weighted by Gasteiger charge is 2.32. The summed E-state index contributed by atoms with van der Waals surface area (Å²) in [5.41, 5.74) is 3.11. The third-order valence-electron chi connectivity index (χ3n) is 6.95. The van der Waals surface area contributed by atoms with Gasteiger partial charge in [-0.1, -0.05) is 6.07 Å². The zero-order valence-electron chi connectivity index (χ0n) is 27.3. The van der Waals surface area contributed by atoms with Crippen LogP contribution in [0.15, 0.2) is 71.0 Å². The fourth-order valence-electron chi connectivity index (χ4n) is 4.74. The van der Waals surface area contributed by atoms with E-state index in [4.69, 9.17) is 23.7 Å². The molecule has 4 rings (SSSR count). The third kappa shape index (κ3) is 8.92. The molecule has 0 fully saturated rings. The number of carbonyl (C=O) groups is 2. The lowest BCUT2D eigenvalue weighted by Crippen LogP contribution is -2.45. The maximum atomic E-state index is 12.5. The Labute approximate surface area is 284 Å². The zero-order valence-corrected chi connectivity index (χ0v) is 27.3. The number of allylic oxidation sites excluding steroid dienone is 1. The van der Waals surface area contributed by atoms with E-state index in [9.17, 15) is 34.9 Å². The second kappa shape index (κ2) is 16.6. The average molecular weight is 695 g/mol. The zero-order chi connectivity index (χ0) is 36.4. The molecule has 0 unspecified atom stereocenters. The van der Waals surface area contributed by atoms with Crippen molar-refractivity contribution in [2.45, 2.75) is 33.0 Å². The van der Waals surface area contributed by atoms with Gasteiger partial charge in [0.15, 0.2) is 29.2 Å². The van der Waals surface area contributed by atoms with Crippen molar-refractivity contribution < 1.29 is 48.2 Å². The monoisotopic (exact) mass is 694 g/mol. The molecule has 1 aliphatic heterocycles. The summed E-state index contributed by atoms with van der Waals surface area (Å²) in [5.74, 6) is 0.0964. The number of amides is 2. The number of non-ortho nitro benzene ring substituents is 1. The van der Waals surface area contributed by atoms with Crippen LogP contribution in [0.5, 0.6) is 28.7 Å². The van der Waals surface area contributed by atoms with Crippen molar-refractivity contribution in [3.8, 4) is 28.7 Å². The molecule has 50 heavy (non-hydrogen) atoms. The summed E-state index contributed by atoms with van der Waals surface area (Å²) < 4.78 is 27.7. The summed E-state index contributed by atoms with van der Waals surface area (Å²) in [6.07, 6.45) is 0.115. The Bertz CT molecular complexity index is 1830. The highest BCUT2D eigenvalue weighted by atomic mass is 16.6. The number of nitrogens with one attached hydrogen (secondary N) is 3. The number of ether oxygens (including phenoxy) is 5. The number of hydrogen-bond acceptors (Lipinski definition) is 14. The number of hydrogen-bond donors (Lipinski definition) is 4. The Kier molecular flexibility index (Phi) is 12.1. The molecular weight excluding hydrogens is 660 g/mol. The molecule has 0 aromatic heterocycles. The van der Waals surface area contributed by atoms with Gasteiger partial charge in [-0.2, -0.15) is 5.10 Å². The number of carbonyl (C=O) groups excluding carboxylic acids is 2. The number of aliphatic hydroxyl groups is 1. The molecule has 0 saturated carbocycles. The van der Waals surface area contributed by atoms with Crippen molar-refractivity contribution in [1.29, 1.82) is 0 Å². The minimum atomic E-state index is -1.27. The van der Waals surface area contributed by atoms with Gasteiger partial charge in [0.25, 0.3) is 5.69 Å². The van der Waals surface area contributed by atoms with E-state index in [1.165, 1.54) is 19.4 Å². The Morgan fingerprint density at radius 3 is 2.30 bits per heavy atom. The third-order valence-corrected chi connectivity index (χ3v) is 6.95. The van der Waals surface area contributed by atoms with E-state index in [0.717, 1.165) is 18.2 Å². The molecule has 0 spiro atoms. The predicted molar refractivity (Wildman–Crippen MR) is 176 cm³/mol. The van der Waals surface area contributed by atoms with Crippen LogP contribution in [0.4, 0.5) is 16.2 Å². The summed E-state index contributed by atoms with van der Waals surface area (Å²) in [5, 5.41) is 42.3. The molecule has 1 heterocycles. The van der Waals surface area contributed by atoms with Crippen molar-refractivity contribution in [2.75, 3.05) is 26.9 Å². The standard InChI is InChI=1S/C32H34N6O12/c1-5-47-26-13-19(7-10-25(26)50-23-12-9-21(37(42)43)15-22(23)38(44)45)16-33-36-28(39)17-49-24-11-8-20(14-27(24)48-6-2)30-29(31(40)46-4)18(3)34-32(41)35-30/h7-16,28,30,36,39H,5-6,17H2,1-4H3,(H2,34,35,41)/b33-16+/t28-,30-/m1/s1. The van der Waals surface area contributed by atoms with Crippen LogP contribution in [0, 0.1) is 20.2 Å². The lowest BCUT2D eigenvalue weighted by atomic mass is 9.95. The summed E-state index contributed by atoms with van der Waals surface area (Å²) in [7, 11) is 1.24. The minimum absolute atomic E-state index is 0.119. The van der Waals surface area contributed by atoms with Gasteiger partial charge in [0.2, 0.25) is 5.75 Å². The van der Waals surface area contributed by atoms with Crippen molar-refractivity contribution in [3.63, 3.8) is 0 Å². The Balaban J connectivity index is 1.42. The lowest BCUT2D eigenvalue weighted by molar-refractivity contribution is -0.394. The van der Waals surface area contributed by atoms with Gasteiger partial charge in [0.1, 0.15) is 6.61 Å². The Morgan fingerprint density at radius 1 is 0.960 bits per heavy atom. The molecule has 4 N–H and O–H groups in total. The first kappa shape index (κ1) is 36.4. The van der Waals surface area contributed by atoms with Crippen LogP contribution in [0.25, 0.3) is 0 Å². The molecule has 1 aliphatic rings. The van der Waals surface area contributed by atoms with E-state index in [1.54, 1.807) is 51.1 Å². The number of urea groups is 1. The highest BCUT2D eigenvalue weighted by Crippen LogP contribution is 2.39. The molecule has 18 nitrogen and oxygen atoms in total. The highest BCUT2D eigenvalue weighted by molar-refractivity contribution is 5.95. The molecule has 3 aromatic carbocycles. The van der Waals surface area contributed by atoms with Gasteiger partial charge in [-0.05, 0) is 68.3 Å². The van der Waals surface area contributed by atoms with Gasteiger partial charge < -0.3 is 39.4 Å². The number of nitro groups is 2. The van der Waals surface area contributed by atoms with Crippen LogP contribution in [-0.2, 0) is 9.53 Å². The van der Waals surface area contributed by atoms with Gasteiger partial charge in [-0.15, -0.1) is 0 Å². The summed E-state index contributed by atoms with van der Waals surface area (Å²) in [6.45, 7) is 5.35. The van der Waals surface area contributed by atoms with E-state index in [1.807, 2.05) is 0 Å².